The molecular weight excluding hydrogens is 478 g/mol. The van der Waals surface area contributed by atoms with Crippen LogP contribution in [-0.2, 0) is 4.79 Å². The lowest BCUT2D eigenvalue weighted by Gasteiger charge is -2.32. The molecule has 0 bridgehead atoms. The maximum absolute atomic E-state index is 12.5. The summed E-state index contributed by atoms with van der Waals surface area (Å²) in [4.78, 5) is 19.3. The predicted octanol–water partition coefficient (Wildman–Crippen LogP) is 5.12. The number of nitrogens with one attached hydrogen (secondary N) is 1. The third kappa shape index (κ3) is 4.17. The van der Waals surface area contributed by atoms with Crippen molar-refractivity contribution >= 4 is 44.9 Å². The second-order valence-electron chi connectivity index (χ2n) is 8.70. The number of aromatic nitrogens is 3. The van der Waals surface area contributed by atoms with Gasteiger partial charge in [0.25, 0.3) is 0 Å². The van der Waals surface area contributed by atoms with Gasteiger partial charge in [0, 0.05) is 42.2 Å². The minimum absolute atomic E-state index is 0.279. The quantitative estimate of drug-likeness (QED) is 0.526. The van der Waals surface area contributed by atoms with Crippen molar-refractivity contribution in [3.63, 3.8) is 0 Å². The Morgan fingerprint density at radius 3 is 2.74 bits per heavy atom. The fraction of sp³-hybridized carbons (Fsp3) is 0.435. The first kappa shape index (κ1) is 20.8. The van der Waals surface area contributed by atoms with Crippen LogP contribution in [0.3, 0.4) is 0 Å². The highest BCUT2D eigenvalue weighted by atomic mass is 79.9. The number of carbonyl (C=O) groups is 1. The Balaban J connectivity index is 1.30. The number of fused-ring (bicyclic) bond motifs is 1. The number of hydrogen-bond acceptors (Lipinski definition) is 4. The molecule has 162 valence electrons. The number of nitrogens with zero attached hydrogens (tertiary/aromatic N) is 4. The van der Waals surface area contributed by atoms with Crippen molar-refractivity contribution in [2.24, 2.45) is 17.8 Å². The van der Waals surface area contributed by atoms with Gasteiger partial charge in [0.15, 0.2) is 5.65 Å². The van der Waals surface area contributed by atoms with Gasteiger partial charge in [-0.15, -0.1) is 0 Å². The van der Waals surface area contributed by atoms with E-state index in [0.29, 0.717) is 22.8 Å². The molecule has 2 fully saturated rings. The molecule has 1 N–H and O–H groups in total. The Labute approximate surface area is 195 Å². The Hall–Kier alpha value is -2.12. The first-order chi connectivity index (χ1) is 15.0. The normalized spacial score (nSPS) is 21.5. The zero-order valence-corrected chi connectivity index (χ0v) is 19.7. The third-order valence-corrected chi connectivity index (χ3v) is 7.39. The summed E-state index contributed by atoms with van der Waals surface area (Å²) in [5, 5.41) is 8.72. The van der Waals surface area contributed by atoms with Crippen LogP contribution in [0, 0.1) is 17.8 Å². The largest absolute Gasteiger partial charge is 0.370 e. The van der Waals surface area contributed by atoms with Gasteiger partial charge in [-0.3, -0.25) is 4.79 Å². The van der Waals surface area contributed by atoms with Crippen LogP contribution in [0.4, 0.5) is 5.82 Å². The van der Waals surface area contributed by atoms with Crippen LogP contribution in [0.25, 0.3) is 16.9 Å². The number of halogens is 2. The maximum Gasteiger partial charge on any atom is 0.225 e. The topological polar surface area (TPSA) is 62.5 Å². The summed E-state index contributed by atoms with van der Waals surface area (Å²) < 4.78 is 2.66. The molecule has 1 aromatic carbocycles. The van der Waals surface area contributed by atoms with Crippen molar-refractivity contribution < 1.29 is 4.79 Å². The van der Waals surface area contributed by atoms with Crippen molar-refractivity contribution in [1.29, 1.82) is 0 Å². The monoisotopic (exact) mass is 501 g/mol. The van der Waals surface area contributed by atoms with Crippen LogP contribution >= 0.6 is 27.5 Å². The van der Waals surface area contributed by atoms with Crippen molar-refractivity contribution in [1.82, 2.24) is 19.5 Å². The highest BCUT2D eigenvalue weighted by Crippen LogP contribution is 2.40. The summed E-state index contributed by atoms with van der Waals surface area (Å²) in [6.07, 6.45) is 4.86. The van der Waals surface area contributed by atoms with E-state index in [1.54, 1.807) is 6.20 Å². The molecule has 1 aliphatic carbocycles. The third-order valence-electron chi connectivity index (χ3n) is 6.50. The minimum Gasteiger partial charge on any atom is -0.370 e. The van der Waals surface area contributed by atoms with Gasteiger partial charge in [-0.1, -0.05) is 36.7 Å². The molecule has 1 saturated heterocycles. The van der Waals surface area contributed by atoms with Gasteiger partial charge in [-0.25, -0.2) is 4.98 Å². The molecule has 5 rings (SSSR count). The van der Waals surface area contributed by atoms with Gasteiger partial charge in [-0.05, 0) is 53.1 Å². The van der Waals surface area contributed by atoms with E-state index in [1.807, 2.05) is 34.8 Å². The molecule has 2 aliphatic rings. The highest BCUT2D eigenvalue weighted by molar-refractivity contribution is 9.10. The number of carbonyl (C=O) groups excluding carboxylic acids is 1. The Morgan fingerprint density at radius 2 is 2.03 bits per heavy atom. The second kappa shape index (κ2) is 8.43. The van der Waals surface area contributed by atoms with Crippen molar-refractivity contribution in [3.8, 4) is 11.3 Å². The zero-order valence-electron chi connectivity index (χ0n) is 17.4. The SMILES string of the molecule is C[C@@H]1C[C@H]1C(=O)N1CCC(CNc2cc(-c3ccccc3Cl)nc3c(Br)cnn23)CC1. The van der Waals surface area contributed by atoms with Crippen LogP contribution in [0.15, 0.2) is 41.0 Å². The Morgan fingerprint density at radius 1 is 1.29 bits per heavy atom. The lowest BCUT2D eigenvalue weighted by molar-refractivity contribution is -0.134. The van der Waals surface area contributed by atoms with Crippen molar-refractivity contribution in [2.75, 3.05) is 25.0 Å². The zero-order chi connectivity index (χ0) is 21.5. The van der Waals surface area contributed by atoms with Crippen LogP contribution in [0.5, 0.6) is 0 Å². The Bertz CT molecular complexity index is 1120. The molecule has 3 heterocycles. The van der Waals surface area contributed by atoms with E-state index in [1.165, 1.54) is 0 Å². The fourth-order valence-electron chi connectivity index (χ4n) is 4.38. The highest BCUT2D eigenvalue weighted by Gasteiger charge is 2.42. The van der Waals surface area contributed by atoms with E-state index < -0.39 is 0 Å². The average Bonchev–Trinajstić information content (AvgIpc) is 3.40. The van der Waals surface area contributed by atoms with Crippen LogP contribution in [0.2, 0.25) is 5.02 Å². The lowest BCUT2D eigenvalue weighted by Crippen LogP contribution is -2.40. The van der Waals surface area contributed by atoms with Crippen LogP contribution in [0.1, 0.15) is 26.2 Å². The van der Waals surface area contributed by atoms with E-state index in [9.17, 15) is 4.79 Å². The second-order valence-corrected chi connectivity index (χ2v) is 9.96. The van der Waals surface area contributed by atoms with Gasteiger partial charge >= 0.3 is 0 Å². The summed E-state index contributed by atoms with van der Waals surface area (Å²) in [5.74, 6) is 2.62. The van der Waals surface area contributed by atoms with Gasteiger partial charge in [0.1, 0.15) is 5.82 Å². The number of anilines is 1. The molecular formula is C23H25BrClN5O. The fourth-order valence-corrected chi connectivity index (χ4v) is 4.96. The van der Waals surface area contributed by atoms with Crippen molar-refractivity contribution in [2.45, 2.75) is 26.2 Å². The summed E-state index contributed by atoms with van der Waals surface area (Å²) >= 11 is 9.97. The van der Waals surface area contributed by atoms with E-state index >= 15 is 0 Å². The lowest BCUT2D eigenvalue weighted by atomic mass is 9.96. The van der Waals surface area contributed by atoms with E-state index in [0.717, 1.165) is 66.1 Å². The molecule has 1 aliphatic heterocycles. The number of rotatable bonds is 5. The van der Waals surface area contributed by atoms with Gasteiger partial charge in [0.05, 0.1) is 16.4 Å². The first-order valence-corrected chi connectivity index (χ1v) is 12.0. The Kier molecular flexibility index (Phi) is 5.65. The smallest absolute Gasteiger partial charge is 0.225 e. The molecule has 0 spiro atoms. The molecule has 6 nitrogen and oxygen atoms in total. The molecule has 31 heavy (non-hydrogen) atoms. The van der Waals surface area contributed by atoms with Gasteiger partial charge in [-0.2, -0.15) is 9.61 Å². The number of benzene rings is 1. The van der Waals surface area contributed by atoms with Crippen LogP contribution in [-0.4, -0.2) is 45.0 Å². The molecule has 2 aromatic heterocycles. The molecule has 3 aromatic rings. The maximum atomic E-state index is 12.5. The predicted molar refractivity (Wildman–Crippen MR) is 126 cm³/mol. The molecule has 1 saturated carbocycles. The number of likely N-dealkylation sites (tertiary alicyclic amines) is 1. The summed E-state index contributed by atoms with van der Waals surface area (Å²) in [7, 11) is 0. The molecule has 8 heteroatoms. The van der Waals surface area contributed by atoms with E-state index in [2.05, 4.69) is 38.2 Å². The summed E-state index contributed by atoms with van der Waals surface area (Å²) in [6.45, 7) is 4.72. The number of amides is 1. The van der Waals surface area contributed by atoms with E-state index in [-0.39, 0.29) is 5.92 Å². The molecule has 1 amide bonds. The first-order valence-electron chi connectivity index (χ1n) is 10.8. The van der Waals surface area contributed by atoms with Gasteiger partial charge in [0.2, 0.25) is 5.91 Å². The average molecular weight is 503 g/mol. The number of hydrogen-bond donors (Lipinski definition) is 1. The van der Waals surface area contributed by atoms with Crippen LogP contribution < -0.4 is 5.32 Å². The minimum atomic E-state index is 0.279. The number of piperidine rings is 1. The summed E-state index contributed by atoms with van der Waals surface area (Å²) in [5.41, 5.74) is 2.45. The molecule has 2 atom stereocenters. The standard InChI is InChI=1S/C23H25BrClN5O/c1-14-10-17(14)23(31)29-8-6-15(7-9-29)12-26-21-11-20(16-4-2-3-5-19(16)25)28-22-18(24)13-27-30(21)22/h2-5,11,13-15,17,26H,6-10,12H2,1H3/t14-,17-/m1/s1. The van der Waals surface area contributed by atoms with Crippen molar-refractivity contribution in [3.05, 3.63) is 46.0 Å². The van der Waals surface area contributed by atoms with Gasteiger partial charge < -0.3 is 10.2 Å². The molecule has 0 unspecified atom stereocenters. The molecule has 0 radical (unpaired) electrons. The van der Waals surface area contributed by atoms with E-state index in [4.69, 9.17) is 16.6 Å². The summed E-state index contributed by atoms with van der Waals surface area (Å²) in [6, 6.07) is 9.73.